The molecule has 0 spiro atoms. The second-order valence-electron chi connectivity index (χ2n) is 4.00. The molecule has 96 valence electrons. The van der Waals surface area contributed by atoms with Crippen LogP contribution in [-0.4, -0.2) is 14.2 Å². The summed E-state index contributed by atoms with van der Waals surface area (Å²) in [4.78, 5) is 1.18. The molecule has 0 amide bonds. The van der Waals surface area contributed by atoms with Crippen LogP contribution in [0, 0.1) is 0 Å². The standard InChI is InChI=1S/C14H17NO2S/c1-16-11-5-6-13(17-2)10(8-11)9-12(15)14-4-3-7-18-14/h3-8,12H,9,15H2,1-2H3. The molecule has 3 nitrogen and oxygen atoms in total. The van der Waals surface area contributed by atoms with Crippen molar-refractivity contribution in [3.63, 3.8) is 0 Å². The Morgan fingerprint density at radius 3 is 2.67 bits per heavy atom. The number of benzene rings is 1. The maximum absolute atomic E-state index is 6.20. The molecule has 0 bridgehead atoms. The third-order valence-corrected chi connectivity index (χ3v) is 3.84. The van der Waals surface area contributed by atoms with Crippen LogP contribution in [0.15, 0.2) is 35.7 Å². The van der Waals surface area contributed by atoms with Gasteiger partial charge in [0.15, 0.2) is 0 Å². The van der Waals surface area contributed by atoms with E-state index in [0.29, 0.717) is 0 Å². The smallest absolute Gasteiger partial charge is 0.122 e. The van der Waals surface area contributed by atoms with E-state index in [9.17, 15) is 0 Å². The molecule has 1 heterocycles. The minimum atomic E-state index is -0.00833. The number of hydrogen-bond acceptors (Lipinski definition) is 4. The van der Waals surface area contributed by atoms with Crippen LogP contribution >= 0.6 is 11.3 Å². The molecule has 18 heavy (non-hydrogen) atoms. The summed E-state index contributed by atoms with van der Waals surface area (Å²) < 4.78 is 10.6. The summed E-state index contributed by atoms with van der Waals surface area (Å²) in [6.45, 7) is 0. The highest BCUT2D eigenvalue weighted by atomic mass is 32.1. The van der Waals surface area contributed by atoms with E-state index in [-0.39, 0.29) is 6.04 Å². The molecule has 2 N–H and O–H groups in total. The van der Waals surface area contributed by atoms with Gasteiger partial charge in [0.1, 0.15) is 11.5 Å². The monoisotopic (exact) mass is 263 g/mol. The second kappa shape index (κ2) is 5.89. The lowest BCUT2D eigenvalue weighted by Crippen LogP contribution is -2.12. The number of methoxy groups -OCH3 is 2. The van der Waals surface area contributed by atoms with E-state index < -0.39 is 0 Å². The zero-order chi connectivity index (χ0) is 13.0. The summed E-state index contributed by atoms with van der Waals surface area (Å²) >= 11 is 1.68. The molecule has 4 heteroatoms. The second-order valence-corrected chi connectivity index (χ2v) is 4.98. The molecule has 2 rings (SSSR count). The first-order chi connectivity index (χ1) is 8.74. The first-order valence-electron chi connectivity index (χ1n) is 5.74. The molecular weight excluding hydrogens is 246 g/mol. The van der Waals surface area contributed by atoms with Crippen molar-refractivity contribution in [2.75, 3.05) is 14.2 Å². The van der Waals surface area contributed by atoms with Gasteiger partial charge < -0.3 is 15.2 Å². The molecule has 0 saturated heterocycles. The molecule has 0 aliphatic rings. The highest BCUT2D eigenvalue weighted by Gasteiger charge is 2.12. The van der Waals surface area contributed by atoms with E-state index in [1.165, 1.54) is 4.88 Å². The molecule has 1 atom stereocenters. The van der Waals surface area contributed by atoms with Crippen LogP contribution in [0.5, 0.6) is 11.5 Å². The van der Waals surface area contributed by atoms with Crippen LogP contribution in [0.3, 0.4) is 0 Å². The number of nitrogens with two attached hydrogens (primary N) is 1. The molecule has 2 aromatic rings. The van der Waals surface area contributed by atoms with E-state index in [1.807, 2.05) is 29.6 Å². The highest BCUT2D eigenvalue weighted by molar-refractivity contribution is 7.10. The van der Waals surface area contributed by atoms with E-state index >= 15 is 0 Å². The van der Waals surface area contributed by atoms with Gasteiger partial charge in [0.2, 0.25) is 0 Å². The number of ether oxygens (including phenoxy) is 2. The fourth-order valence-corrected chi connectivity index (χ4v) is 2.61. The fourth-order valence-electron chi connectivity index (χ4n) is 1.88. The summed E-state index contributed by atoms with van der Waals surface area (Å²) in [7, 11) is 3.33. The lowest BCUT2D eigenvalue weighted by Gasteiger charge is -2.14. The zero-order valence-electron chi connectivity index (χ0n) is 10.6. The van der Waals surface area contributed by atoms with Gasteiger partial charge in [-0.15, -0.1) is 11.3 Å². The predicted molar refractivity (Wildman–Crippen MR) is 74.5 cm³/mol. The normalized spacial score (nSPS) is 12.2. The van der Waals surface area contributed by atoms with E-state index in [2.05, 4.69) is 6.07 Å². The third kappa shape index (κ3) is 2.83. The van der Waals surface area contributed by atoms with Gasteiger partial charge in [-0.25, -0.2) is 0 Å². The highest BCUT2D eigenvalue weighted by Crippen LogP contribution is 2.29. The van der Waals surface area contributed by atoms with Crippen molar-refractivity contribution in [3.05, 3.63) is 46.2 Å². The maximum atomic E-state index is 6.20. The summed E-state index contributed by atoms with van der Waals surface area (Å²) in [5.41, 5.74) is 7.27. The maximum Gasteiger partial charge on any atom is 0.122 e. The van der Waals surface area contributed by atoms with E-state index in [1.54, 1.807) is 25.6 Å². The first kappa shape index (κ1) is 12.9. The van der Waals surface area contributed by atoms with Gasteiger partial charge in [-0.1, -0.05) is 6.07 Å². The molecule has 1 aromatic carbocycles. The lowest BCUT2D eigenvalue weighted by atomic mass is 10.0. The molecule has 0 radical (unpaired) electrons. The van der Waals surface area contributed by atoms with Gasteiger partial charge in [0, 0.05) is 10.9 Å². The van der Waals surface area contributed by atoms with Crippen LogP contribution in [0.25, 0.3) is 0 Å². The summed E-state index contributed by atoms with van der Waals surface area (Å²) in [6, 6.07) is 9.84. The first-order valence-corrected chi connectivity index (χ1v) is 6.62. The fraction of sp³-hybridized carbons (Fsp3) is 0.286. The molecular formula is C14H17NO2S. The van der Waals surface area contributed by atoms with Crippen LogP contribution < -0.4 is 15.2 Å². The van der Waals surface area contributed by atoms with Gasteiger partial charge in [-0.05, 0) is 41.6 Å². The van der Waals surface area contributed by atoms with Crippen molar-refractivity contribution in [2.45, 2.75) is 12.5 Å². The van der Waals surface area contributed by atoms with Gasteiger partial charge in [0.25, 0.3) is 0 Å². The van der Waals surface area contributed by atoms with Gasteiger partial charge in [-0.3, -0.25) is 0 Å². The zero-order valence-corrected chi connectivity index (χ0v) is 11.4. The molecule has 1 unspecified atom stereocenters. The van der Waals surface area contributed by atoms with Gasteiger partial charge in [0.05, 0.1) is 14.2 Å². The number of rotatable bonds is 5. The van der Waals surface area contributed by atoms with Crippen molar-refractivity contribution in [1.82, 2.24) is 0 Å². The Morgan fingerprint density at radius 1 is 1.22 bits per heavy atom. The topological polar surface area (TPSA) is 44.5 Å². The minimum absolute atomic E-state index is 0.00833. The minimum Gasteiger partial charge on any atom is -0.497 e. The lowest BCUT2D eigenvalue weighted by molar-refractivity contribution is 0.397. The Morgan fingerprint density at radius 2 is 2.06 bits per heavy atom. The Labute approximate surface area is 111 Å². The quantitative estimate of drug-likeness (QED) is 0.902. The van der Waals surface area contributed by atoms with Crippen molar-refractivity contribution in [3.8, 4) is 11.5 Å². The SMILES string of the molecule is COc1ccc(OC)c(CC(N)c2cccs2)c1. The summed E-state index contributed by atoms with van der Waals surface area (Å²) in [5.74, 6) is 1.67. The Hall–Kier alpha value is -1.52. The molecule has 1 aromatic heterocycles. The van der Waals surface area contributed by atoms with Crippen molar-refractivity contribution < 1.29 is 9.47 Å². The van der Waals surface area contributed by atoms with Gasteiger partial charge >= 0.3 is 0 Å². The molecule has 0 aliphatic heterocycles. The van der Waals surface area contributed by atoms with Crippen molar-refractivity contribution >= 4 is 11.3 Å². The van der Waals surface area contributed by atoms with Crippen LogP contribution in [0.2, 0.25) is 0 Å². The Balaban J connectivity index is 2.21. The largest absolute Gasteiger partial charge is 0.497 e. The van der Waals surface area contributed by atoms with Crippen LogP contribution in [0.1, 0.15) is 16.5 Å². The number of thiophene rings is 1. The molecule has 0 aliphatic carbocycles. The Kier molecular flexibility index (Phi) is 4.23. The average molecular weight is 263 g/mol. The van der Waals surface area contributed by atoms with Crippen molar-refractivity contribution in [2.24, 2.45) is 5.73 Å². The van der Waals surface area contributed by atoms with Crippen molar-refractivity contribution in [1.29, 1.82) is 0 Å². The van der Waals surface area contributed by atoms with E-state index in [4.69, 9.17) is 15.2 Å². The van der Waals surface area contributed by atoms with E-state index in [0.717, 1.165) is 23.5 Å². The molecule has 0 saturated carbocycles. The summed E-state index contributed by atoms with van der Waals surface area (Å²) in [5, 5.41) is 2.04. The number of hydrogen-bond donors (Lipinski definition) is 1. The van der Waals surface area contributed by atoms with Crippen LogP contribution in [0.4, 0.5) is 0 Å². The summed E-state index contributed by atoms with van der Waals surface area (Å²) in [6.07, 6.45) is 0.737. The Bertz CT molecular complexity index is 497. The predicted octanol–water partition coefficient (Wildman–Crippen LogP) is 3.01. The average Bonchev–Trinajstić information content (AvgIpc) is 2.92. The van der Waals surface area contributed by atoms with Gasteiger partial charge in [-0.2, -0.15) is 0 Å². The third-order valence-electron chi connectivity index (χ3n) is 2.84. The van der Waals surface area contributed by atoms with Crippen LogP contribution in [-0.2, 0) is 6.42 Å². The molecule has 0 fully saturated rings.